The van der Waals surface area contributed by atoms with Gasteiger partial charge in [0.2, 0.25) is 0 Å². The van der Waals surface area contributed by atoms with Gasteiger partial charge in [-0.3, -0.25) is 10.4 Å². The Bertz CT molecular complexity index is 1240. The number of para-hydroxylation sites is 1. The van der Waals surface area contributed by atoms with Gasteiger partial charge in [0, 0.05) is 41.8 Å². The summed E-state index contributed by atoms with van der Waals surface area (Å²) in [5.74, 6) is -1.55. The van der Waals surface area contributed by atoms with E-state index in [4.69, 9.17) is 16.9 Å². The summed E-state index contributed by atoms with van der Waals surface area (Å²) in [6, 6.07) is 7.95. The molecule has 0 atom stereocenters. The predicted molar refractivity (Wildman–Crippen MR) is 113 cm³/mol. The monoisotopic (exact) mass is 438 g/mol. The van der Waals surface area contributed by atoms with Gasteiger partial charge in [0.15, 0.2) is 5.82 Å². The summed E-state index contributed by atoms with van der Waals surface area (Å²) in [4.78, 5) is 14.2. The van der Waals surface area contributed by atoms with Crippen molar-refractivity contribution in [3.05, 3.63) is 77.0 Å². The zero-order valence-electron chi connectivity index (χ0n) is 16.5. The molecule has 0 aliphatic carbocycles. The zero-order chi connectivity index (χ0) is 23.3. The summed E-state index contributed by atoms with van der Waals surface area (Å²) in [6.07, 6.45) is 2.10. The van der Waals surface area contributed by atoms with Gasteiger partial charge >= 0.3 is 0 Å². The van der Waals surface area contributed by atoms with E-state index in [2.05, 4.69) is 19.9 Å². The molecule has 2 aromatic heterocycles. The summed E-state index contributed by atoms with van der Waals surface area (Å²) in [6.45, 7) is 0. The number of hydrogen-bond acceptors (Lipinski definition) is 6. The van der Waals surface area contributed by atoms with Crippen LogP contribution < -0.4 is 11.5 Å². The largest absolute Gasteiger partial charge is 0.404 e. The van der Waals surface area contributed by atoms with Crippen molar-refractivity contribution >= 4 is 17.7 Å². The number of aliphatic imine (C=N–C) groups is 1. The van der Waals surface area contributed by atoms with Crippen LogP contribution in [0.2, 0.25) is 0 Å². The zero-order valence-corrected chi connectivity index (χ0v) is 16.5. The van der Waals surface area contributed by atoms with Crippen molar-refractivity contribution in [2.24, 2.45) is 16.5 Å². The van der Waals surface area contributed by atoms with Crippen molar-refractivity contribution < 1.29 is 13.2 Å². The average Bonchev–Trinajstić information content (AvgIpc) is 3.16. The maximum absolute atomic E-state index is 13.8. The van der Waals surface area contributed by atoms with Crippen LogP contribution in [-0.4, -0.2) is 27.0 Å². The van der Waals surface area contributed by atoms with E-state index >= 15 is 0 Å². The molecule has 0 aliphatic heterocycles. The molecule has 0 aliphatic rings. The van der Waals surface area contributed by atoms with Crippen LogP contribution in [0.25, 0.3) is 11.1 Å². The lowest BCUT2D eigenvalue weighted by Crippen LogP contribution is -2.13. The number of nitrogens with one attached hydrogen (secondary N) is 2. The number of nitriles is 1. The van der Waals surface area contributed by atoms with Crippen LogP contribution in [0.15, 0.2) is 53.4 Å². The van der Waals surface area contributed by atoms with Crippen molar-refractivity contribution in [1.29, 1.82) is 10.7 Å². The second kappa shape index (κ2) is 9.57. The number of rotatable bonds is 7. The molecule has 32 heavy (non-hydrogen) atoms. The fourth-order valence-electron chi connectivity index (χ4n) is 2.94. The summed E-state index contributed by atoms with van der Waals surface area (Å²) >= 11 is 0. The number of benzene rings is 1. The minimum Gasteiger partial charge on any atom is -0.404 e. The van der Waals surface area contributed by atoms with Gasteiger partial charge in [-0.2, -0.15) is 5.26 Å². The highest BCUT2D eigenvalue weighted by Crippen LogP contribution is 2.31. The summed E-state index contributed by atoms with van der Waals surface area (Å²) in [7, 11) is 0. The highest BCUT2D eigenvalue weighted by molar-refractivity contribution is 6.01. The Morgan fingerprint density at radius 1 is 1.28 bits per heavy atom. The first-order chi connectivity index (χ1) is 15.3. The van der Waals surface area contributed by atoms with Crippen LogP contribution in [0.5, 0.6) is 0 Å². The Kier molecular flexibility index (Phi) is 6.65. The number of aromatic nitrogens is 3. The molecule has 0 fully saturated rings. The molecule has 0 radical (unpaired) electrons. The standard InChI is InChI=1S/C21H17F3N8/c22-14-3-1-2-4-15(14)29-8-11(6-25)5-16-13(7-26)17(18(32-16)20(27)28)12-9-30-21(19(23)24)31-10-12/h1-4,6,8-10,19,32H,5,25H2,(H3,27,28). The molecule has 1 aromatic carbocycles. The van der Waals surface area contributed by atoms with E-state index in [0.717, 1.165) is 12.4 Å². The lowest BCUT2D eigenvalue weighted by Gasteiger charge is -2.04. The highest BCUT2D eigenvalue weighted by atomic mass is 19.3. The molecule has 162 valence electrons. The maximum atomic E-state index is 13.8. The van der Waals surface area contributed by atoms with Gasteiger partial charge in [-0.15, -0.1) is 0 Å². The summed E-state index contributed by atoms with van der Waals surface area (Å²) in [5, 5.41) is 17.6. The first-order valence-electron chi connectivity index (χ1n) is 9.14. The number of hydrogen-bond donors (Lipinski definition) is 4. The molecular formula is C21H17F3N8. The normalized spacial score (nSPS) is 11.8. The number of allylic oxidation sites excluding steroid dienone is 1. The van der Waals surface area contributed by atoms with Crippen LogP contribution in [0.4, 0.5) is 18.9 Å². The molecule has 0 amide bonds. The Balaban J connectivity index is 2.00. The van der Waals surface area contributed by atoms with Crippen molar-refractivity contribution in [2.45, 2.75) is 12.8 Å². The van der Waals surface area contributed by atoms with Crippen LogP contribution in [0.3, 0.4) is 0 Å². The first-order valence-corrected chi connectivity index (χ1v) is 9.14. The lowest BCUT2D eigenvalue weighted by molar-refractivity contribution is 0.140. The molecule has 3 rings (SSSR count). The van der Waals surface area contributed by atoms with Crippen molar-refractivity contribution in [1.82, 2.24) is 15.0 Å². The Hall–Kier alpha value is -4.46. The van der Waals surface area contributed by atoms with E-state index in [-0.39, 0.29) is 40.3 Å². The number of nitrogens with two attached hydrogens (primary N) is 2. The molecule has 2 heterocycles. The van der Waals surface area contributed by atoms with Gasteiger partial charge in [-0.1, -0.05) is 12.1 Å². The first kappa shape index (κ1) is 22.2. The Morgan fingerprint density at radius 2 is 1.97 bits per heavy atom. The third kappa shape index (κ3) is 4.65. The molecule has 0 spiro atoms. The predicted octanol–water partition coefficient (Wildman–Crippen LogP) is 3.49. The van der Waals surface area contributed by atoms with Crippen LogP contribution >= 0.6 is 0 Å². The van der Waals surface area contributed by atoms with E-state index in [9.17, 15) is 18.4 Å². The van der Waals surface area contributed by atoms with Gasteiger partial charge in [0.1, 0.15) is 17.7 Å². The van der Waals surface area contributed by atoms with Gasteiger partial charge in [0.25, 0.3) is 6.43 Å². The fourth-order valence-corrected chi connectivity index (χ4v) is 2.94. The summed E-state index contributed by atoms with van der Waals surface area (Å²) in [5.41, 5.74) is 12.9. The SMILES string of the molecule is N#Cc1c(CC(C=Nc2ccccc2F)=CN)[nH]c(C(=N)N)c1-c1cnc(C(F)F)nc1. The molecule has 6 N–H and O–H groups in total. The van der Waals surface area contributed by atoms with Crippen LogP contribution in [0.1, 0.15) is 29.2 Å². The van der Waals surface area contributed by atoms with E-state index in [1.54, 1.807) is 6.07 Å². The second-order valence-electron chi connectivity index (χ2n) is 6.51. The minimum atomic E-state index is -2.85. The summed E-state index contributed by atoms with van der Waals surface area (Å²) < 4.78 is 39.3. The average molecular weight is 438 g/mol. The number of halogens is 3. The van der Waals surface area contributed by atoms with E-state index < -0.39 is 18.1 Å². The van der Waals surface area contributed by atoms with Gasteiger partial charge in [0.05, 0.1) is 16.9 Å². The van der Waals surface area contributed by atoms with Crippen molar-refractivity contribution in [3.8, 4) is 17.2 Å². The van der Waals surface area contributed by atoms with E-state index in [1.807, 2.05) is 6.07 Å². The van der Waals surface area contributed by atoms with Gasteiger partial charge in [-0.05, 0) is 23.9 Å². The molecule has 0 saturated heterocycles. The van der Waals surface area contributed by atoms with Crippen molar-refractivity contribution in [2.75, 3.05) is 0 Å². The fraction of sp³-hybridized carbons (Fsp3) is 0.0952. The third-order valence-electron chi connectivity index (χ3n) is 4.43. The third-order valence-corrected chi connectivity index (χ3v) is 4.43. The molecule has 11 heteroatoms. The van der Waals surface area contributed by atoms with Gasteiger partial charge < -0.3 is 16.5 Å². The van der Waals surface area contributed by atoms with Crippen LogP contribution in [0, 0.1) is 22.6 Å². The number of nitrogens with zero attached hydrogens (tertiary/aromatic N) is 4. The van der Waals surface area contributed by atoms with E-state index in [0.29, 0.717) is 11.3 Å². The Labute approximate surface area is 180 Å². The number of amidine groups is 1. The Morgan fingerprint density at radius 3 is 2.53 bits per heavy atom. The molecular weight excluding hydrogens is 421 g/mol. The van der Waals surface area contributed by atoms with Crippen LogP contribution in [-0.2, 0) is 6.42 Å². The number of alkyl halides is 2. The maximum Gasteiger partial charge on any atom is 0.297 e. The second-order valence-corrected chi connectivity index (χ2v) is 6.51. The quantitative estimate of drug-likeness (QED) is 0.328. The number of H-pyrrole nitrogens is 1. The number of nitrogen functional groups attached to an aromatic ring is 1. The molecule has 3 aromatic rings. The molecule has 0 bridgehead atoms. The highest BCUT2D eigenvalue weighted by Gasteiger charge is 2.22. The molecule has 0 saturated carbocycles. The molecule has 0 unspecified atom stereocenters. The minimum absolute atomic E-state index is 0.0770. The van der Waals surface area contributed by atoms with Crippen molar-refractivity contribution in [3.63, 3.8) is 0 Å². The van der Waals surface area contributed by atoms with Gasteiger partial charge in [-0.25, -0.2) is 23.1 Å². The smallest absolute Gasteiger partial charge is 0.297 e. The number of aromatic amines is 1. The molecule has 8 nitrogen and oxygen atoms in total. The topological polar surface area (TPSA) is 154 Å². The lowest BCUT2D eigenvalue weighted by atomic mass is 10.0. The van der Waals surface area contributed by atoms with E-state index in [1.165, 1.54) is 30.6 Å².